The van der Waals surface area contributed by atoms with Crippen molar-refractivity contribution >= 4 is 49.3 Å². The molecule has 1 aliphatic rings. The molecule has 0 bridgehead atoms. The molecule has 134 valence electrons. The van der Waals surface area contributed by atoms with Crippen molar-refractivity contribution in [2.24, 2.45) is 0 Å². The van der Waals surface area contributed by atoms with Gasteiger partial charge < -0.3 is 15.5 Å². The first-order valence-electron chi connectivity index (χ1n) is 8.40. The third-order valence-corrected chi connectivity index (χ3v) is 6.43. The summed E-state index contributed by atoms with van der Waals surface area (Å²) in [4.78, 5) is 23.5. The van der Waals surface area contributed by atoms with Crippen LogP contribution in [0.25, 0.3) is 20.7 Å². The molecule has 0 unspecified atom stereocenters. The number of urea groups is 1. The summed E-state index contributed by atoms with van der Waals surface area (Å²) in [5.41, 5.74) is 1.98. The van der Waals surface area contributed by atoms with Crippen molar-refractivity contribution in [3.05, 3.63) is 40.5 Å². The number of amides is 2. The highest BCUT2D eigenvalue weighted by Gasteiger charge is 2.18. The number of halogens is 1. The molecule has 0 atom stereocenters. The van der Waals surface area contributed by atoms with Gasteiger partial charge >= 0.3 is 6.03 Å². The molecular formula is C18H18BrN5OS. The summed E-state index contributed by atoms with van der Waals surface area (Å²) < 4.78 is 2.32. The predicted octanol–water partition coefficient (Wildman–Crippen LogP) is 3.87. The second-order valence-electron chi connectivity index (χ2n) is 6.14. The van der Waals surface area contributed by atoms with E-state index in [1.54, 1.807) is 16.2 Å². The lowest BCUT2D eigenvalue weighted by atomic mass is 10.2. The smallest absolute Gasteiger partial charge is 0.317 e. The van der Waals surface area contributed by atoms with E-state index in [4.69, 9.17) is 4.98 Å². The fraction of sp³-hybridized carbons (Fsp3) is 0.278. The fourth-order valence-corrected chi connectivity index (χ4v) is 4.69. The highest BCUT2D eigenvalue weighted by Crippen LogP contribution is 2.37. The number of nitrogens with zero attached hydrogens (tertiary/aromatic N) is 3. The molecular weight excluding hydrogens is 414 g/mol. The Hall–Kier alpha value is -2.19. The SMILES string of the molecule is Cc1cnc(NCCN2CCNC2=O)nc1-c1cc2cccc(Br)c2s1. The zero-order valence-electron chi connectivity index (χ0n) is 14.3. The third kappa shape index (κ3) is 3.39. The van der Waals surface area contributed by atoms with E-state index in [0.29, 0.717) is 25.6 Å². The Morgan fingerprint density at radius 2 is 2.31 bits per heavy atom. The van der Waals surface area contributed by atoms with Crippen LogP contribution in [0.2, 0.25) is 0 Å². The maximum absolute atomic E-state index is 11.6. The van der Waals surface area contributed by atoms with Crippen molar-refractivity contribution in [3.63, 3.8) is 0 Å². The molecule has 0 spiro atoms. The monoisotopic (exact) mass is 431 g/mol. The number of fused-ring (bicyclic) bond motifs is 1. The molecule has 6 nitrogen and oxygen atoms in total. The second-order valence-corrected chi connectivity index (χ2v) is 8.05. The summed E-state index contributed by atoms with van der Waals surface area (Å²) in [6.07, 6.45) is 1.84. The molecule has 2 amide bonds. The van der Waals surface area contributed by atoms with Gasteiger partial charge in [-0.25, -0.2) is 14.8 Å². The molecule has 1 aromatic carbocycles. The van der Waals surface area contributed by atoms with Crippen LogP contribution < -0.4 is 10.6 Å². The summed E-state index contributed by atoms with van der Waals surface area (Å²) in [6, 6.07) is 8.36. The number of anilines is 1. The van der Waals surface area contributed by atoms with E-state index >= 15 is 0 Å². The average molecular weight is 432 g/mol. The second kappa shape index (κ2) is 7.20. The molecule has 1 aliphatic heterocycles. The number of carbonyl (C=O) groups excluding carboxylic acids is 1. The zero-order chi connectivity index (χ0) is 18.1. The summed E-state index contributed by atoms with van der Waals surface area (Å²) >= 11 is 5.33. The molecule has 4 rings (SSSR count). The maximum Gasteiger partial charge on any atom is 0.317 e. The Labute approximate surface area is 163 Å². The molecule has 0 aliphatic carbocycles. The van der Waals surface area contributed by atoms with Crippen LogP contribution in [0.3, 0.4) is 0 Å². The van der Waals surface area contributed by atoms with Crippen molar-refractivity contribution in [3.8, 4) is 10.6 Å². The minimum atomic E-state index is -0.00633. The standard InChI is InChI=1S/C18H18BrN5OS/c1-11-10-22-17(20-5-7-24-8-6-21-18(24)25)23-15(11)14-9-12-3-2-4-13(19)16(12)26-14/h2-4,9-10H,5-8H2,1H3,(H,21,25)(H,20,22,23). The molecule has 1 saturated heterocycles. The van der Waals surface area contributed by atoms with E-state index in [9.17, 15) is 4.79 Å². The summed E-state index contributed by atoms with van der Waals surface area (Å²) in [5, 5.41) is 7.23. The Balaban J connectivity index is 1.53. The molecule has 0 saturated carbocycles. The van der Waals surface area contributed by atoms with Gasteiger partial charge in [-0.1, -0.05) is 12.1 Å². The lowest BCUT2D eigenvalue weighted by Crippen LogP contribution is -2.32. The van der Waals surface area contributed by atoms with E-state index in [1.807, 2.05) is 19.2 Å². The lowest BCUT2D eigenvalue weighted by Gasteiger charge is -2.14. The molecule has 0 radical (unpaired) electrons. The zero-order valence-corrected chi connectivity index (χ0v) is 16.7. The van der Waals surface area contributed by atoms with Gasteiger partial charge in [0, 0.05) is 41.5 Å². The van der Waals surface area contributed by atoms with Crippen LogP contribution in [-0.2, 0) is 0 Å². The van der Waals surface area contributed by atoms with Gasteiger partial charge in [-0.15, -0.1) is 11.3 Å². The first kappa shape index (κ1) is 17.2. The number of carbonyl (C=O) groups is 1. The minimum Gasteiger partial charge on any atom is -0.352 e. The topological polar surface area (TPSA) is 70.2 Å². The molecule has 8 heteroatoms. The minimum absolute atomic E-state index is 0.00633. The fourth-order valence-electron chi connectivity index (χ4n) is 2.95. The highest BCUT2D eigenvalue weighted by atomic mass is 79.9. The number of aromatic nitrogens is 2. The van der Waals surface area contributed by atoms with Crippen molar-refractivity contribution in [1.29, 1.82) is 0 Å². The normalized spacial score (nSPS) is 14.1. The van der Waals surface area contributed by atoms with E-state index in [-0.39, 0.29) is 6.03 Å². The van der Waals surface area contributed by atoms with Crippen molar-refractivity contribution in [2.75, 3.05) is 31.5 Å². The van der Waals surface area contributed by atoms with Gasteiger partial charge in [0.25, 0.3) is 0 Å². The third-order valence-electron chi connectivity index (χ3n) is 4.31. The molecule has 2 N–H and O–H groups in total. The molecule has 3 aromatic rings. The van der Waals surface area contributed by atoms with Crippen LogP contribution in [0.5, 0.6) is 0 Å². The number of hydrogen-bond acceptors (Lipinski definition) is 5. The van der Waals surface area contributed by atoms with Crippen LogP contribution in [0, 0.1) is 6.92 Å². The molecule has 2 aromatic heterocycles. The number of nitrogens with one attached hydrogen (secondary N) is 2. The quantitative estimate of drug-likeness (QED) is 0.643. The average Bonchev–Trinajstić information content (AvgIpc) is 3.24. The molecule has 1 fully saturated rings. The van der Waals surface area contributed by atoms with Gasteiger partial charge in [0.2, 0.25) is 5.95 Å². The Morgan fingerprint density at radius 3 is 3.08 bits per heavy atom. The van der Waals surface area contributed by atoms with Crippen molar-refractivity contribution in [1.82, 2.24) is 20.2 Å². The van der Waals surface area contributed by atoms with Gasteiger partial charge in [0.1, 0.15) is 0 Å². The van der Waals surface area contributed by atoms with E-state index in [1.165, 1.54) is 10.1 Å². The maximum atomic E-state index is 11.6. The number of aryl methyl sites for hydroxylation is 1. The predicted molar refractivity (Wildman–Crippen MR) is 109 cm³/mol. The molecule has 26 heavy (non-hydrogen) atoms. The van der Waals surface area contributed by atoms with Crippen LogP contribution in [0.1, 0.15) is 5.56 Å². The first-order valence-corrected chi connectivity index (χ1v) is 10.0. The van der Waals surface area contributed by atoms with Gasteiger partial charge in [0.15, 0.2) is 0 Å². The van der Waals surface area contributed by atoms with E-state index in [2.05, 4.69) is 49.7 Å². The van der Waals surface area contributed by atoms with Crippen LogP contribution in [-0.4, -0.2) is 47.1 Å². The van der Waals surface area contributed by atoms with E-state index in [0.717, 1.165) is 27.2 Å². The Kier molecular flexibility index (Phi) is 4.78. The van der Waals surface area contributed by atoms with E-state index < -0.39 is 0 Å². The Bertz CT molecular complexity index is 973. The van der Waals surface area contributed by atoms with Gasteiger partial charge in [0.05, 0.1) is 10.6 Å². The largest absolute Gasteiger partial charge is 0.352 e. The summed E-state index contributed by atoms with van der Waals surface area (Å²) in [7, 11) is 0. The van der Waals surface area contributed by atoms with Crippen LogP contribution >= 0.6 is 27.3 Å². The summed E-state index contributed by atoms with van der Waals surface area (Å²) in [5.74, 6) is 0.585. The van der Waals surface area contributed by atoms with Crippen molar-refractivity contribution < 1.29 is 4.79 Å². The summed E-state index contributed by atoms with van der Waals surface area (Å²) in [6.45, 7) is 4.73. The number of hydrogen-bond donors (Lipinski definition) is 2. The lowest BCUT2D eigenvalue weighted by molar-refractivity contribution is 0.219. The van der Waals surface area contributed by atoms with Crippen molar-refractivity contribution in [2.45, 2.75) is 6.92 Å². The van der Waals surface area contributed by atoms with Gasteiger partial charge in [-0.3, -0.25) is 0 Å². The van der Waals surface area contributed by atoms with Gasteiger partial charge in [-0.05, 0) is 45.9 Å². The van der Waals surface area contributed by atoms with Gasteiger partial charge in [-0.2, -0.15) is 0 Å². The molecule has 3 heterocycles. The number of rotatable bonds is 5. The highest BCUT2D eigenvalue weighted by molar-refractivity contribution is 9.10. The number of benzene rings is 1. The number of thiophene rings is 1. The Morgan fingerprint density at radius 1 is 1.42 bits per heavy atom. The first-order chi connectivity index (χ1) is 12.6. The van der Waals surface area contributed by atoms with Crippen LogP contribution in [0.4, 0.5) is 10.7 Å². The van der Waals surface area contributed by atoms with Crippen LogP contribution in [0.15, 0.2) is 34.9 Å².